The standard InChI is InChI=1S/C16H16BrN3O3/c1-23-9-8-20-15(21)5-3-13(18-20)16(22)19-7-6-11-10-12(17)2-4-14(11)19/h2-5,10H,6-9H2,1H3. The number of nitrogens with zero attached hydrogens (tertiary/aromatic N) is 3. The molecule has 0 unspecified atom stereocenters. The zero-order valence-corrected chi connectivity index (χ0v) is 14.2. The van der Waals surface area contributed by atoms with Crippen LogP contribution in [0.5, 0.6) is 0 Å². The maximum Gasteiger partial charge on any atom is 0.278 e. The predicted molar refractivity (Wildman–Crippen MR) is 89.9 cm³/mol. The Morgan fingerprint density at radius 2 is 2.17 bits per heavy atom. The molecule has 7 heteroatoms. The number of amides is 1. The molecule has 120 valence electrons. The van der Waals surface area contributed by atoms with Crippen molar-refractivity contribution in [2.45, 2.75) is 13.0 Å². The van der Waals surface area contributed by atoms with Gasteiger partial charge in [-0.1, -0.05) is 15.9 Å². The third-order valence-electron chi connectivity index (χ3n) is 3.78. The lowest BCUT2D eigenvalue weighted by Gasteiger charge is -2.17. The van der Waals surface area contributed by atoms with Gasteiger partial charge in [0.15, 0.2) is 0 Å². The lowest BCUT2D eigenvalue weighted by atomic mass is 10.2. The first-order valence-electron chi connectivity index (χ1n) is 7.27. The van der Waals surface area contributed by atoms with E-state index in [9.17, 15) is 9.59 Å². The molecule has 23 heavy (non-hydrogen) atoms. The summed E-state index contributed by atoms with van der Waals surface area (Å²) in [5, 5.41) is 4.17. The van der Waals surface area contributed by atoms with Crippen LogP contribution in [0.1, 0.15) is 16.1 Å². The number of aromatic nitrogens is 2. The summed E-state index contributed by atoms with van der Waals surface area (Å²) in [5.74, 6) is -0.197. The van der Waals surface area contributed by atoms with Crippen molar-refractivity contribution < 1.29 is 9.53 Å². The minimum Gasteiger partial charge on any atom is -0.383 e. The summed E-state index contributed by atoms with van der Waals surface area (Å²) >= 11 is 3.44. The molecular weight excluding hydrogens is 362 g/mol. The molecule has 0 spiro atoms. The number of fused-ring (bicyclic) bond motifs is 1. The van der Waals surface area contributed by atoms with Gasteiger partial charge in [-0.05, 0) is 36.2 Å². The Morgan fingerprint density at radius 3 is 2.96 bits per heavy atom. The third-order valence-corrected chi connectivity index (χ3v) is 4.27. The Balaban J connectivity index is 1.89. The van der Waals surface area contributed by atoms with Crippen molar-refractivity contribution in [3.8, 4) is 0 Å². The molecule has 1 aliphatic heterocycles. The fourth-order valence-corrected chi connectivity index (χ4v) is 3.03. The van der Waals surface area contributed by atoms with Crippen LogP contribution in [0.2, 0.25) is 0 Å². The van der Waals surface area contributed by atoms with Crippen molar-refractivity contribution in [2.24, 2.45) is 0 Å². The number of hydrogen-bond acceptors (Lipinski definition) is 4. The molecule has 0 saturated carbocycles. The van der Waals surface area contributed by atoms with Gasteiger partial charge in [0.05, 0.1) is 13.2 Å². The van der Waals surface area contributed by atoms with Crippen LogP contribution < -0.4 is 10.5 Å². The van der Waals surface area contributed by atoms with Crippen LogP contribution in [-0.2, 0) is 17.7 Å². The second-order valence-corrected chi connectivity index (χ2v) is 6.17. The summed E-state index contributed by atoms with van der Waals surface area (Å²) in [4.78, 5) is 26.2. The Hall–Kier alpha value is -1.99. The smallest absolute Gasteiger partial charge is 0.278 e. The topological polar surface area (TPSA) is 64.4 Å². The van der Waals surface area contributed by atoms with Crippen molar-refractivity contribution in [1.29, 1.82) is 0 Å². The molecule has 0 saturated heterocycles. The average Bonchev–Trinajstić information content (AvgIpc) is 2.96. The highest BCUT2D eigenvalue weighted by Crippen LogP contribution is 2.31. The second kappa shape index (κ2) is 6.64. The van der Waals surface area contributed by atoms with Gasteiger partial charge in [0, 0.05) is 29.9 Å². The van der Waals surface area contributed by atoms with E-state index < -0.39 is 0 Å². The van der Waals surface area contributed by atoms with E-state index in [1.807, 2.05) is 18.2 Å². The van der Waals surface area contributed by atoms with E-state index in [1.54, 1.807) is 12.0 Å². The number of methoxy groups -OCH3 is 1. The molecule has 1 aromatic heterocycles. The summed E-state index contributed by atoms with van der Waals surface area (Å²) in [6.45, 7) is 1.30. The lowest BCUT2D eigenvalue weighted by Crippen LogP contribution is -2.33. The van der Waals surface area contributed by atoms with Crippen LogP contribution >= 0.6 is 15.9 Å². The van der Waals surface area contributed by atoms with E-state index in [0.29, 0.717) is 19.7 Å². The molecule has 1 aliphatic rings. The number of rotatable bonds is 4. The predicted octanol–water partition coefficient (Wildman–Crippen LogP) is 1.86. The fourth-order valence-electron chi connectivity index (χ4n) is 2.62. The van der Waals surface area contributed by atoms with Crippen molar-refractivity contribution in [2.75, 3.05) is 25.2 Å². The average molecular weight is 378 g/mol. The van der Waals surface area contributed by atoms with E-state index in [-0.39, 0.29) is 17.2 Å². The Bertz CT molecular complexity index is 803. The highest BCUT2D eigenvalue weighted by Gasteiger charge is 2.26. The van der Waals surface area contributed by atoms with Gasteiger partial charge >= 0.3 is 0 Å². The Morgan fingerprint density at radius 1 is 1.35 bits per heavy atom. The molecule has 1 aromatic carbocycles. The van der Waals surface area contributed by atoms with Crippen molar-refractivity contribution >= 4 is 27.5 Å². The maximum absolute atomic E-state index is 12.7. The van der Waals surface area contributed by atoms with Crippen LogP contribution in [0.4, 0.5) is 5.69 Å². The van der Waals surface area contributed by atoms with Gasteiger partial charge in [0.25, 0.3) is 11.5 Å². The quantitative estimate of drug-likeness (QED) is 0.815. The van der Waals surface area contributed by atoms with Crippen LogP contribution in [-0.4, -0.2) is 35.9 Å². The molecule has 0 atom stereocenters. The first kappa shape index (κ1) is 15.9. The molecule has 0 aliphatic carbocycles. The number of ether oxygens (including phenoxy) is 1. The lowest BCUT2D eigenvalue weighted by molar-refractivity contribution is 0.0981. The fraction of sp³-hybridized carbons (Fsp3) is 0.312. The van der Waals surface area contributed by atoms with Crippen LogP contribution in [0.3, 0.4) is 0 Å². The molecule has 0 radical (unpaired) electrons. The largest absolute Gasteiger partial charge is 0.383 e. The molecule has 0 bridgehead atoms. The number of carbonyl (C=O) groups is 1. The van der Waals surface area contributed by atoms with Gasteiger partial charge in [-0.25, -0.2) is 4.68 Å². The molecule has 1 amide bonds. The Labute approximate surface area is 141 Å². The molecule has 2 aromatic rings. The zero-order valence-electron chi connectivity index (χ0n) is 12.7. The van der Waals surface area contributed by atoms with Crippen LogP contribution in [0.25, 0.3) is 0 Å². The van der Waals surface area contributed by atoms with E-state index >= 15 is 0 Å². The first-order valence-corrected chi connectivity index (χ1v) is 8.07. The van der Waals surface area contributed by atoms with Gasteiger partial charge in [-0.2, -0.15) is 5.10 Å². The second-order valence-electron chi connectivity index (χ2n) is 5.25. The number of hydrogen-bond donors (Lipinski definition) is 0. The van der Waals surface area contributed by atoms with Crippen molar-refractivity contribution in [3.63, 3.8) is 0 Å². The summed E-state index contributed by atoms with van der Waals surface area (Å²) in [5.41, 5.74) is 2.04. The SMILES string of the molecule is COCCn1nc(C(=O)N2CCc3cc(Br)ccc32)ccc1=O. The van der Waals surface area contributed by atoms with Gasteiger partial charge < -0.3 is 9.64 Å². The van der Waals surface area contributed by atoms with Gasteiger partial charge in [-0.3, -0.25) is 9.59 Å². The highest BCUT2D eigenvalue weighted by molar-refractivity contribution is 9.10. The van der Waals surface area contributed by atoms with Crippen LogP contribution in [0.15, 0.2) is 39.6 Å². The summed E-state index contributed by atoms with van der Waals surface area (Å²) < 4.78 is 7.22. The van der Waals surface area contributed by atoms with Gasteiger partial charge in [-0.15, -0.1) is 0 Å². The van der Waals surface area contributed by atoms with E-state index in [2.05, 4.69) is 21.0 Å². The monoisotopic (exact) mass is 377 g/mol. The Kier molecular flexibility index (Phi) is 4.58. The number of benzene rings is 1. The van der Waals surface area contributed by atoms with E-state index in [1.165, 1.54) is 16.8 Å². The first-order chi connectivity index (χ1) is 11.1. The van der Waals surface area contributed by atoms with E-state index in [4.69, 9.17) is 4.74 Å². The number of carbonyl (C=O) groups excluding carboxylic acids is 1. The molecule has 0 fully saturated rings. The van der Waals surface area contributed by atoms with Gasteiger partial charge in [0.2, 0.25) is 0 Å². The summed E-state index contributed by atoms with van der Waals surface area (Å²) in [6, 6.07) is 8.71. The van der Waals surface area contributed by atoms with Crippen molar-refractivity contribution in [3.05, 3.63) is 56.4 Å². The summed E-state index contributed by atoms with van der Waals surface area (Å²) in [7, 11) is 1.55. The number of anilines is 1. The molecule has 6 nitrogen and oxygen atoms in total. The number of halogens is 1. The molecule has 0 N–H and O–H groups in total. The van der Waals surface area contributed by atoms with Gasteiger partial charge in [0.1, 0.15) is 5.69 Å². The molecule has 2 heterocycles. The maximum atomic E-state index is 12.7. The molecule has 3 rings (SSSR count). The van der Waals surface area contributed by atoms with Crippen LogP contribution in [0, 0.1) is 0 Å². The minimum atomic E-state index is -0.246. The minimum absolute atomic E-state index is 0.197. The zero-order chi connectivity index (χ0) is 16.4. The summed E-state index contributed by atoms with van der Waals surface area (Å²) in [6.07, 6.45) is 0.809. The normalized spacial score (nSPS) is 13.2. The highest BCUT2D eigenvalue weighted by atomic mass is 79.9. The van der Waals surface area contributed by atoms with E-state index in [0.717, 1.165) is 22.1 Å². The third kappa shape index (κ3) is 3.20. The molecular formula is C16H16BrN3O3. The van der Waals surface area contributed by atoms with Crippen molar-refractivity contribution in [1.82, 2.24) is 9.78 Å².